The van der Waals surface area contributed by atoms with Crippen LogP contribution in [0.15, 0.2) is 24.3 Å². The van der Waals surface area contributed by atoms with Gasteiger partial charge in [-0.2, -0.15) is 0 Å². The number of carbonyl (C=O) groups is 1. The van der Waals surface area contributed by atoms with Crippen LogP contribution in [0.2, 0.25) is 0 Å². The van der Waals surface area contributed by atoms with Gasteiger partial charge >= 0.3 is 5.97 Å². The molecule has 0 aliphatic carbocycles. The quantitative estimate of drug-likeness (QED) is 0.798. The molecule has 0 bridgehead atoms. The van der Waals surface area contributed by atoms with Crippen LogP contribution >= 0.6 is 0 Å². The maximum absolute atomic E-state index is 10.4. The van der Waals surface area contributed by atoms with Crippen molar-refractivity contribution in [1.82, 2.24) is 0 Å². The van der Waals surface area contributed by atoms with E-state index in [1.165, 1.54) is 0 Å². The van der Waals surface area contributed by atoms with E-state index >= 15 is 0 Å². The van der Waals surface area contributed by atoms with Gasteiger partial charge in [0.05, 0.1) is 6.61 Å². The molecule has 2 rings (SSSR count). The minimum atomic E-state index is -0.962. The van der Waals surface area contributed by atoms with Crippen LogP contribution in [0.4, 0.5) is 0 Å². The van der Waals surface area contributed by atoms with Gasteiger partial charge in [0, 0.05) is 25.5 Å². The Kier molecular flexibility index (Phi) is 2.90. The van der Waals surface area contributed by atoms with E-state index in [0.29, 0.717) is 6.61 Å². The first kappa shape index (κ1) is 11.7. The molecule has 0 unspecified atom stereocenters. The lowest BCUT2D eigenvalue weighted by atomic mass is 10.1. The zero-order valence-corrected chi connectivity index (χ0v) is 9.77. The number of carboxylic acids is 1. The van der Waals surface area contributed by atoms with Crippen molar-refractivity contribution in [1.29, 1.82) is 0 Å². The van der Waals surface area contributed by atoms with Crippen LogP contribution in [0, 0.1) is 0 Å². The molecule has 1 N–H and O–H groups in total. The molecule has 4 heteroatoms. The van der Waals surface area contributed by atoms with Gasteiger partial charge < -0.3 is 14.6 Å². The molecule has 0 saturated heterocycles. The Balaban J connectivity index is 2.24. The number of hydrogen-bond acceptors (Lipinski definition) is 3. The Morgan fingerprint density at radius 1 is 1.47 bits per heavy atom. The number of fused-ring (bicyclic) bond motifs is 1. The highest BCUT2D eigenvalue weighted by molar-refractivity contribution is 5.85. The van der Waals surface area contributed by atoms with Crippen molar-refractivity contribution in [3.8, 4) is 5.75 Å². The largest absolute Gasteiger partial charge is 0.478 e. The maximum atomic E-state index is 10.4. The average molecular weight is 234 g/mol. The molecule has 90 valence electrons. The fraction of sp³-hybridized carbons (Fsp3) is 0.308. The van der Waals surface area contributed by atoms with Gasteiger partial charge in [-0.1, -0.05) is 6.07 Å². The first-order chi connectivity index (χ1) is 7.96. The molecule has 0 spiro atoms. The smallest absolute Gasteiger partial charge is 0.328 e. The summed E-state index contributed by atoms with van der Waals surface area (Å²) >= 11 is 0. The van der Waals surface area contributed by atoms with Gasteiger partial charge in [-0.05, 0) is 23.8 Å². The fourth-order valence-electron chi connectivity index (χ4n) is 1.63. The van der Waals surface area contributed by atoms with E-state index in [2.05, 4.69) is 0 Å². The minimum Gasteiger partial charge on any atom is -0.478 e. The summed E-state index contributed by atoms with van der Waals surface area (Å²) in [4.78, 5) is 10.4. The van der Waals surface area contributed by atoms with Crippen LogP contribution in [0.1, 0.15) is 25.0 Å². The van der Waals surface area contributed by atoms with Crippen LogP contribution in [-0.2, 0) is 16.1 Å². The van der Waals surface area contributed by atoms with E-state index < -0.39 is 11.8 Å². The van der Waals surface area contributed by atoms with Gasteiger partial charge in [0.1, 0.15) is 5.75 Å². The van der Waals surface area contributed by atoms with Crippen molar-refractivity contribution in [3.63, 3.8) is 0 Å². The summed E-state index contributed by atoms with van der Waals surface area (Å²) in [5, 5.41) is 8.55. The van der Waals surface area contributed by atoms with Crippen LogP contribution in [-0.4, -0.2) is 16.9 Å². The van der Waals surface area contributed by atoms with Crippen LogP contribution in [0.25, 0.3) is 6.08 Å². The van der Waals surface area contributed by atoms with Crippen LogP contribution < -0.4 is 4.74 Å². The highest BCUT2D eigenvalue weighted by atomic mass is 16.7. The van der Waals surface area contributed by atoms with Crippen LogP contribution in [0.5, 0.6) is 5.75 Å². The molecule has 1 aromatic rings. The molecule has 0 atom stereocenters. The number of carboxylic acid groups (broad SMARTS) is 1. The van der Waals surface area contributed by atoms with Crippen molar-refractivity contribution in [2.24, 2.45) is 0 Å². The highest BCUT2D eigenvalue weighted by Gasteiger charge is 2.26. The van der Waals surface area contributed by atoms with Gasteiger partial charge in [-0.15, -0.1) is 0 Å². The van der Waals surface area contributed by atoms with E-state index in [-0.39, 0.29) is 0 Å². The van der Waals surface area contributed by atoms with E-state index in [1.54, 1.807) is 6.08 Å². The molecule has 1 heterocycles. The van der Waals surface area contributed by atoms with Crippen molar-refractivity contribution >= 4 is 12.0 Å². The van der Waals surface area contributed by atoms with Gasteiger partial charge in [0.15, 0.2) is 0 Å². The number of aliphatic carboxylic acids is 1. The third-order valence-electron chi connectivity index (χ3n) is 2.43. The lowest BCUT2D eigenvalue weighted by Gasteiger charge is -2.32. The maximum Gasteiger partial charge on any atom is 0.328 e. The third-order valence-corrected chi connectivity index (χ3v) is 2.43. The molecular weight excluding hydrogens is 220 g/mol. The SMILES string of the molecule is CC1(C)OCc2cc(/C=C/C(=O)O)ccc2O1. The fourth-order valence-corrected chi connectivity index (χ4v) is 1.63. The number of rotatable bonds is 2. The molecule has 0 amide bonds. The van der Waals surface area contributed by atoms with Gasteiger partial charge in [-0.25, -0.2) is 4.79 Å². The Bertz CT molecular complexity index is 474. The molecule has 0 radical (unpaired) electrons. The zero-order chi connectivity index (χ0) is 12.5. The summed E-state index contributed by atoms with van der Waals surface area (Å²) in [6, 6.07) is 5.52. The standard InChI is InChI=1S/C13H14O4/c1-13(2)16-8-10-7-9(4-6-12(14)15)3-5-11(10)17-13/h3-7H,8H2,1-2H3,(H,14,15)/b6-4+. The summed E-state index contributed by atoms with van der Waals surface area (Å²) in [7, 11) is 0. The summed E-state index contributed by atoms with van der Waals surface area (Å²) < 4.78 is 11.1. The molecule has 17 heavy (non-hydrogen) atoms. The van der Waals surface area contributed by atoms with Gasteiger partial charge in [0.2, 0.25) is 5.79 Å². The Morgan fingerprint density at radius 2 is 2.24 bits per heavy atom. The van der Waals surface area contributed by atoms with Crippen molar-refractivity contribution in [2.45, 2.75) is 26.2 Å². The second kappa shape index (κ2) is 4.22. The molecule has 1 aromatic carbocycles. The monoisotopic (exact) mass is 234 g/mol. The first-order valence-electron chi connectivity index (χ1n) is 5.33. The van der Waals surface area contributed by atoms with Gasteiger partial charge in [0.25, 0.3) is 0 Å². The Morgan fingerprint density at radius 3 is 2.94 bits per heavy atom. The molecule has 0 aromatic heterocycles. The Hall–Kier alpha value is -1.81. The van der Waals surface area contributed by atoms with Crippen molar-refractivity contribution in [2.75, 3.05) is 0 Å². The van der Waals surface area contributed by atoms with E-state index in [0.717, 1.165) is 23.0 Å². The summed E-state index contributed by atoms with van der Waals surface area (Å²) in [5.74, 6) is -0.782. The number of ether oxygens (including phenoxy) is 2. The number of hydrogen-bond donors (Lipinski definition) is 1. The summed E-state index contributed by atoms with van der Waals surface area (Å²) in [6.45, 7) is 4.18. The minimum absolute atomic E-state index is 0.469. The Labute approximate surface area is 99.5 Å². The normalized spacial score (nSPS) is 17.5. The lowest BCUT2D eigenvalue weighted by molar-refractivity contribution is -0.180. The molecule has 1 aliphatic rings. The third kappa shape index (κ3) is 2.85. The zero-order valence-electron chi connectivity index (χ0n) is 9.77. The number of benzene rings is 1. The van der Waals surface area contributed by atoms with E-state index in [4.69, 9.17) is 14.6 Å². The summed E-state index contributed by atoms with van der Waals surface area (Å²) in [6.07, 6.45) is 2.65. The molecular formula is C13H14O4. The van der Waals surface area contributed by atoms with E-state index in [1.807, 2.05) is 32.0 Å². The predicted molar refractivity (Wildman–Crippen MR) is 62.6 cm³/mol. The van der Waals surface area contributed by atoms with E-state index in [9.17, 15) is 4.79 Å². The van der Waals surface area contributed by atoms with Crippen molar-refractivity contribution < 1.29 is 19.4 Å². The van der Waals surface area contributed by atoms with Crippen molar-refractivity contribution in [3.05, 3.63) is 35.4 Å². The molecule has 0 fully saturated rings. The topological polar surface area (TPSA) is 55.8 Å². The summed E-state index contributed by atoms with van der Waals surface area (Å²) in [5.41, 5.74) is 1.75. The molecule has 4 nitrogen and oxygen atoms in total. The average Bonchev–Trinajstić information content (AvgIpc) is 2.25. The van der Waals surface area contributed by atoms with Gasteiger partial charge in [-0.3, -0.25) is 0 Å². The predicted octanol–water partition coefficient (Wildman–Crippen LogP) is 2.43. The first-order valence-corrected chi connectivity index (χ1v) is 5.33. The lowest BCUT2D eigenvalue weighted by Crippen LogP contribution is -2.35. The second-order valence-corrected chi connectivity index (χ2v) is 4.33. The second-order valence-electron chi connectivity index (χ2n) is 4.33. The highest BCUT2D eigenvalue weighted by Crippen LogP contribution is 2.31. The molecule has 1 aliphatic heterocycles. The molecule has 0 saturated carbocycles. The van der Waals surface area contributed by atoms with Crippen LogP contribution in [0.3, 0.4) is 0 Å².